The van der Waals surface area contributed by atoms with E-state index in [1.54, 1.807) is 0 Å². The highest BCUT2D eigenvalue weighted by Gasteiger charge is 2.27. The number of carbonyl (C=O) groups is 2. The van der Waals surface area contributed by atoms with E-state index >= 15 is 0 Å². The fourth-order valence-electron chi connectivity index (χ4n) is 1.26. The molecule has 0 radical (unpaired) electrons. The number of hydrogen-bond donors (Lipinski definition) is 1. The fraction of sp³-hybridized carbons (Fsp3) is 0.273. The maximum absolute atomic E-state index is 13.5. The van der Waals surface area contributed by atoms with Gasteiger partial charge in [-0.15, -0.1) is 0 Å². The van der Waals surface area contributed by atoms with Gasteiger partial charge in [-0.05, 0) is 19.1 Å². The Hall–Kier alpha value is -1.50. The zero-order chi connectivity index (χ0) is 14.0. The second kappa shape index (κ2) is 5.43. The molecule has 1 aromatic carbocycles. The molecular formula is C11H10BrF2NO3. The van der Waals surface area contributed by atoms with Gasteiger partial charge in [0.15, 0.2) is 0 Å². The molecule has 0 spiro atoms. The van der Waals surface area contributed by atoms with E-state index < -0.39 is 35.1 Å². The minimum absolute atomic E-state index is 0.156. The number of benzene rings is 1. The lowest BCUT2D eigenvalue weighted by atomic mass is 10.1. The van der Waals surface area contributed by atoms with Gasteiger partial charge in [-0.25, -0.2) is 13.6 Å². The van der Waals surface area contributed by atoms with Crippen molar-refractivity contribution in [2.75, 3.05) is 7.05 Å². The highest BCUT2D eigenvalue weighted by Crippen LogP contribution is 2.21. The van der Waals surface area contributed by atoms with Crippen LogP contribution in [0.1, 0.15) is 17.3 Å². The number of carboxylic acids is 1. The van der Waals surface area contributed by atoms with Gasteiger partial charge in [-0.3, -0.25) is 4.79 Å². The number of carboxylic acid groups (broad SMARTS) is 1. The summed E-state index contributed by atoms with van der Waals surface area (Å²) in [6, 6.07) is 0.700. The summed E-state index contributed by atoms with van der Waals surface area (Å²) < 4.78 is 27.2. The monoisotopic (exact) mass is 321 g/mol. The summed E-state index contributed by atoms with van der Waals surface area (Å²) in [4.78, 5) is 23.3. The van der Waals surface area contributed by atoms with Gasteiger partial charge in [-0.1, -0.05) is 15.9 Å². The maximum atomic E-state index is 13.5. The van der Waals surface area contributed by atoms with Gasteiger partial charge >= 0.3 is 5.97 Å². The van der Waals surface area contributed by atoms with Crippen LogP contribution in [0.2, 0.25) is 0 Å². The number of aliphatic carboxylic acids is 1. The molecule has 0 aromatic heterocycles. The normalized spacial score (nSPS) is 12.1. The summed E-state index contributed by atoms with van der Waals surface area (Å²) in [5, 5.41) is 8.74. The molecule has 18 heavy (non-hydrogen) atoms. The first-order valence-corrected chi connectivity index (χ1v) is 5.69. The molecule has 1 amide bonds. The van der Waals surface area contributed by atoms with E-state index in [0.717, 1.165) is 17.0 Å². The van der Waals surface area contributed by atoms with Crippen molar-refractivity contribution in [1.82, 2.24) is 4.90 Å². The molecule has 4 nitrogen and oxygen atoms in total. The van der Waals surface area contributed by atoms with E-state index in [4.69, 9.17) is 5.11 Å². The number of halogens is 3. The molecular weight excluding hydrogens is 312 g/mol. The van der Waals surface area contributed by atoms with Crippen molar-refractivity contribution in [3.05, 3.63) is 33.8 Å². The minimum atomic E-state index is -1.26. The summed E-state index contributed by atoms with van der Waals surface area (Å²) in [6.45, 7) is 1.24. The quantitative estimate of drug-likeness (QED) is 0.929. The minimum Gasteiger partial charge on any atom is -0.480 e. The van der Waals surface area contributed by atoms with Crippen LogP contribution in [-0.2, 0) is 4.79 Å². The summed E-state index contributed by atoms with van der Waals surface area (Å²) in [5.74, 6) is -4.37. The zero-order valence-electron chi connectivity index (χ0n) is 9.58. The molecule has 0 fully saturated rings. The molecule has 1 N–H and O–H groups in total. The van der Waals surface area contributed by atoms with Crippen molar-refractivity contribution in [3.8, 4) is 0 Å². The van der Waals surface area contributed by atoms with Gasteiger partial charge in [0.25, 0.3) is 5.91 Å². The first-order valence-electron chi connectivity index (χ1n) is 4.90. The first-order chi connectivity index (χ1) is 8.25. The Morgan fingerprint density at radius 3 is 2.17 bits per heavy atom. The molecule has 1 rings (SSSR count). The Morgan fingerprint density at radius 2 is 1.78 bits per heavy atom. The van der Waals surface area contributed by atoms with Crippen molar-refractivity contribution < 1.29 is 23.5 Å². The van der Waals surface area contributed by atoms with E-state index in [1.807, 2.05) is 0 Å². The Labute approximate surface area is 110 Å². The summed E-state index contributed by atoms with van der Waals surface area (Å²) in [6.07, 6.45) is 0. The molecule has 0 bridgehead atoms. The van der Waals surface area contributed by atoms with Crippen LogP contribution in [0.15, 0.2) is 16.6 Å². The molecule has 0 saturated heterocycles. The van der Waals surface area contributed by atoms with Gasteiger partial charge in [0.1, 0.15) is 23.2 Å². The molecule has 98 valence electrons. The second-order valence-electron chi connectivity index (χ2n) is 3.67. The van der Waals surface area contributed by atoms with Gasteiger partial charge in [0, 0.05) is 11.5 Å². The lowest BCUT2D eigenvalue weighted by Crippen LogP contribution is -2.40. The van der Waals surface area contributed by atoms with Crippen molar-refractivity contribution in [2.24, 2.45) is 0 Å². The topological polar surface area (TPSA) is 57.6 Å². The molecule has 0 heterocycles. The molecule has 1 atom stereocenters. The predicted molar refractivity (Wildman–Crippen MR) is 63.2 cm³/mol. The van der Waals surface area contributed by atoms with Crippen molar-refractivity contribution in [3.63, 3.8) is 0 Å². The van der Waals surface area contributed by atoms with Crippen LogP contribution in [0.25, 0.3) is 0 Å². The highest BCUT2D eigenvalue weighted by atomic mass is 79.9. The third-order valence-corrected chi connectivity index (χ3v) is 2.94. The average molecular weight is 322 g/mol. The zero-order valence-corrected chi connectivity index (χ0v) is 11.2. The summed E-state index contributed by atoms with van der Waals surface area (Å²) in [7, 11) is 1.17. The van der Waals surface area contributed by atoms with Crippen molar-refractivity contribution in [1.29, 1.82) is 0 Å². The second-order valence-corrected chi connectivity index (χ2v) is 4.59. The molecule has 0 aliphatic carbocycles. The summed E-state index contributed by atoms with van der Waals surface area (Å²) >= 11 is 2.89. The van der Waals surface area contributed by atoms with Crippen LogP contribution in [0.4, 0.5) is 8.78 Å². The highest BCUT2D eigenvalue weighted by molar-refractivity contribution is 9.10. The van der Waals surface area contributed by atoms with Crippen molar-refractivity contribution >= 4 is 27.8 Å². The maximum Gasteiger partial charge on any atom is 0.326 e. The van der Waals surface area contributed by atoms with Gasteiger partial charge in [0.05, 0.1) is 0 Å². The van der Waals surface area contributed by atoms with Crippen LogP contribution >= 0.6 is 15.9 Å². The standard InChI is InChI=1S/C11H10BrF2NO3/c1-5(11(17)18)15(2)10(16)9-7(13)3-6(12)4-8(9)14/h3-5H,1-2H3,(H,17,18). The number of amides is 1. The van der Waals surface area contributed by atoms with E-state index in [9.17, 15) is 18.4 Å². The van der Waals surface area contributed by atoms with Crippen LogP contribution in [-0.4, -0.2) is 35.0 Å². The molecule has 0 saturated carbocycles. The smallest absolute Gasteiger partial charge is 0.326 e. The molecule has 1 unspecified atom stereocenters. The average Bonchev–Trinajstić information content (AvgIpc) is 2.25. The molecule has 0 aliphatic rings. The Bertz CT molecular complexity index is 484. The number of likely N-dealkylation sites (N-methyl/N-ethyl adjacent to an activating group) is 1. The number of nitrogens with zero attached hydrogens (tertiary/aromatic N) is 1. The Kier molecular flexibility index (Phi) is 4.39. The van der Waals surface area contributed by atoms with E-state index in [0.29, 0.717) is 0 Å². The third kappa shape index (κ3) is 2.84. The van der Waals surface area contributed by atoms with Gasteiger partial charge in [0.2, 0.25) is 0 Å². The molecule has 7 heteroatoms. The van der Waals surface area contributed by atoms with E-state index in [2.05, 4.69) is 15.9 Å². The van der Waals surface area contributed by atoms with Crippen molar-refractivity contribution in [2.45, 2.75) is 13.0 Å². The molecule has 0 aliphatic heterocycles. The number of hydrogen-bond acceptors (Lipinski definition) is 2. The van der Waals surface area contributed by atoms with Gasteiger partial charge < -0.3 is 10.0 Å². The van der Waals surface area contributed by atoms with Crippen LogP contribution in [0.5, 0.6) is 0 Å². The lowest BCUT2D eigenvalue weighted by molar-refractivity contribution is -0.141. The number of rotatable bonds is 3. The van der Waals surface area contributed by atoms with Crippen LogP contribution in [0.3, 0.4) is 0 Å². The third-order valence-electron chi connectivity index (χ3n) is 2.48. The number of carbonyl (C=O) groups excluding carboxylic acids is 1. The van der Waals surface area contributed by atoms with Crippen LogP contribution in [0, 0.1) is 11.6 Å². The SMILES string of the molecule is CC(C(=O)O)N(C)C(=O)c1c(F)cc(Br)cc1F. The Balaban J connectivity index is 3.16. The summed E-state index contributed by atoms with van der Waals surface area (Å²) in [5.41, 5.74) is -0.770. The van der Waals surface area contributed by atoms with E-state index in [1.165, 1.54) is 14.0 Å². The first kappa shape index (κ1) is 14.6. The Morgan fingerprint density at radius 1 is 1.33 bits per heavy atom. The molecule has 1 aromatic rings. The lowest BCUT2D eigenvalue weighted by Gasteiger charge is -2.22. The fourth-order valence-corrected chi connectivity index (χ4v) is 1.67. The van der Waals surface area contributed by atoms with Crippen LogP contribution < -0.4 is 0 Å². The largest absolute Gasteiger partial charge is 0.480 e. The van der Waals surface area contributed by atoms with E-state index in [-0.39, 0.29) is 4.47 Å². The van der Waals surface area contributed by atoms with Gasteiger partial charge in [-0.2, -0.15) is 0 Å². The predicted octanol–water partition coefficient (Wildman–Crippen LogP) is 2.27.